The van der Waals surface area contributed by atoms with Gasteiger partial charge in [0.25, 0.3) is 5.92 Å². The van der Waals surface area contributed by atoms with E-state index in [1.807, 2.05) is 30.3 Å². The normalized spacial score (nSPS) is 27.7. The van der Waals surface area contributed by atoms with Crippen molar-refractivity contribution in [2.24, 2.45) is 11.8 Å². The maximum atomic E-state index is 13.1. The minimum Gasteiger partial charge on any atom is -0.206 e. The van der Waals surface area contributed by atoms with Crippen molar-refractivity contribution in [2.45, 2.75) is 18.8 Å². The van der Waals surface area contributed by atoms with Crippen molar-refractivity contribution in [2.75, 3.05) is 5.33 Å². The lowest BCUT2D eigenvalue weighted by atomic mass is 10.1. The molecule has 0 radical (unpaired) electrons. The van der Waals surface area contributed by atoms with Crippen LogP contribution in [0.15, 0.2) is 30.3 Å². The summed E-state index contributed by atoms with van der Waals surface area (Å²) in [7, 11) is 0. The molecule has 2 rings (SSSR count). The first-order valence-corrected chi connectivity index (χ1v) is 6.26. The predicted molar refractivity (Wildman–Crippen MR) is 60.5 cm³/mol. The van der Waals surface area contributed by atoms with Crippen LogP contribution in [0.25, 0.3) is 0 Å². The van der Waals surface area contributed by atoms with Crippen molar-refractivity contribution in [1.29, 1.82) is 0 Å². The predicted octanol–water partition coefficient (Wildman–Crippen LogP) is 3.90. The minimum absolute atomic E-state index is 0.416. The first-order chi connectivity index (χ1) is 7.16. The maximum Gasteiger partial charge on any atom is 0.255 e. The average molecular weight is 275 g/mol. The summed E-state index contributed by atoms with van der Waals surface area (Å²) in [4.78, 5) is 0. The zero-order valence-electron chi connectivity index (χ0n) is 8.30. The van der Waals surface area contributed by atoms with Gasteiger partial charge in [0.05, 0.1) is 0 Å². The molecular weight excluding hydrogens is 262 g/mol. The lowest BCUT2D eigenvalue weighted by Gasteiger charge is -1.99. The van der Waals surface area contributed by atoms with Gasteiger partial charge in [0, 0.05) is 17.2 Å². The number of benzene rings is 1. The SMILES string of the molecule is FC1(F)[C@@H](CBr)[C@@H]1CCc1ccccc1. The van der Waals surface area contributed by atoms with Crippen LogP contribution in [-0.4, -0.2) is 11.3 Å². The van der Waals surface area contributed by atoms with Crippen molar-refractivity contribution in [1.82, 2.24) is 0 Å². The van der Waals surface area contributed by atoms with Crippen LogP contribution >= 0.6 is 15.9 Å². The monoisotopic (exact) mass is 274 g/mol. The molecular formula is C12H13BrF2. The van der Waals surface area contributed by atoms with Crippen LogP contribution in [-0.2, 0) is 6.42 Å². The van der Waals surface area contributed by atoms with Gasteiger partial charge in [-0.05, 0) is 18.4 Å². The van der Waals surface area contributed by atoms with E-state index in [0.717, 1.165) is 12.0 Å². The number of rotatable bonds is 4. The van der Waals surface area contributed by atoms with Crippen LogP contribution in [0.2, 0.25) is 0 Å². The molecule has 1 aliphatic carbocycles. The second-order valence-electron chi connectivity index (χ2n) is 4.07. The molecule has 1 aromatic rings. The van der Waals surface area contributed by atoms with Crippen LogP contribution in [0.1, 0.15) is 12.0 Å². The summed E-state index contributed by atoms with van der Waals surface area (Å²) in [6.07, 6.45) is 1.35. The van der Waals surface area contributed by atoms with Gasteiger partial charge in [0.15, 0.2) is 0 Å². The Hall–Kier alpha value is -0.440. The number of hydrogen-bond acceptors (Lipinski definition) is 0. The van der Waals surface area contributed by atoms with E-state index in [1.54, 1.807) is 0 Å². The van der Waals surface area contributed by atoms with Crippen molar-refractivity contribution in [3.8, 4) is 0 Å². The topological polar surface area (TPSA) is 0 Å². The van der Waals surface area contributed by atoms with Crippen molar-refractivity contribution < 1.29 is 8.78 Å². The third-order valence-electron chi connectivity index (χ3n) is 3.12. The summed E-state index contributed by atoms with van der Waals surface area (Å²) < 4.78 is 26.3. The molecule has 0 saturated heterocycles. The summed E-state index contributed by atoms with van der Waals surface area (Å²) in [5.74, 6) is -3.29. The van der Waals surface area contributed by atoms with Gasteiger partial charge >= 0.3 is 0 Å². The zero-order chi connectivity index (χ0) is 10.9. The Morgan fingerprint density at radius 1 is 1.13 bits per heavy atom. The summed E-state index contributed by atoms with van der Waals surface area (Å²) >= 11 is 3.14. The van der Waals surface area contributed by atoms with E-state index in [0.29, 0.717) is 11.8 Å². The average Bonchev–Trinajstić information content (AvgIpc) is 2.78. The second kappa shape index (κ2) is 4.20. The van der Waals surface area contributed by atoms with Crippen LogP contribution in [0, 0.1) is 11.8 Å². The molecule has 3 heteroatoms. The van der Waals surface area contributed by atoms with Crippen LogP contribution in [0.4, 0.5) is 8.78 Å². The van der Waals surface area contributed by atoms with Gasteiger partial charge in [0.1, 0.15) is 0 Å². The van der Waals surface area contributed by atoms with Gasteiger partial charge in [-0.3, -0.25) is 0 Å². The number of aryl methyl sites for hydroxylation is 1. The number of alkyl halides is 3. The molecule has 1 aliphatic rings. The fourth-order valence-corrected chi connectivity index (χ4v) is 2.91. The Bertz CT molecular complexity index is 324. The Morgan fingerprint density at radius 3 is 2.33 bits per heavy atom. The molecule has 0 spiro atoms. The molecule has 2 atom stereocenters. The van der Waals surface area contributed by atoms with Crippen molar-refractivity contribution in [3.63, 3.8) is 0 Å². The summed E-state index contributed by atoms with van der Waals surface area (Å²) in [6.45, 7) is 0. The van der Waals surface area contributed by atoms with Gasteiger partial charge in [0.2, 0.25) is 0 Å². The van der Waals surface area contributed by atoms with E-state index in [1.165, 1.54) is 0 Å². The first kappa shape index (κ1) is 11.1. The van der Waals surface area contributed by atoms with E-state index in [2.05, 4.69) is 15.9 Å². The van der Waals surface area contributed by atoms with E-state index in [-0.39, 0.29) is 0 Å². The highest BCUT2D eigenvalue weighted by atomic mass is 79.9. The van der Waals surface area contributed by atoms with E-state index < -0.39 is 17.8 Å². The molecule has 0 nitrogen and oxygen atoms in total. The number of hydrogen-bond donors (Lipinski definition) is 0. The highest BCUT2D eigenvalue weighted by Crippen LogP contribution is 2.57. The third-order valence-corrected chi connectivity index (χ3v) is 3.82. The molecule has 0 unspecified atom stereocenters. The lowest BCUT2D eigenvalue weighted by molar-refractivity contribution is 0.0859. The molecule has 1 aromatic carbocycles. The highest BCUT2D eigenvalue weighted by molar-refractivity contribution is 9.09. The Balaban J connectivity index is 1.86. The second-order valence-corrected chi connectivity index (χ2v) is 4.71. The molecule has 1 saturated carbocycles. The first-order valence-electron chi connectivity index (χ1n) is 5.14. The standard InChI is InChI=1S/C12H13BrF2/c13-8-11-10(12(11,14)15)7-6-9-4-2-1-3-5-9/h1-5,10-11H,6-8H2/t10-,11-/m0/s1. The van der Waals surface area contributed by atoms with Crippen LogP contribution in [0.3, 0.4) is 0 Å². The molecule has 0 N–H and O–H groups in total. The van der Waals surface area contributed by atoms with Crippen molar-refractivity contribution >= 4 is 15.9 Å². The van der Waals surface area contributed by atoms with Gasteiger partial charge in [-0.25, -0.2) is 8.78 Å². The van der Waals surface area contributed by atoms with Gasteiger partial charge < -0.3 is 0 Å². The summed E-state index contributed by atoms with van der Waals surface area (Å²) in [5.41, 5.74) is 1.15. The minimum atomic E-state index is -2.43. The smallest absolute Gasteiger partial charge is 0.206 e. The lowest BCUT2D eigenvalue weighted by Crippen LogP contribution is -1.96. The molecule has 0 heterocycles. The Kier molecular flexibility index (Phi) is 3.10. The van der Waals surface area contributed by atoms with E-state index in [9.17, 15) is 8.78 Å². The Morgan fingerprint density at radius 2 is 1.80 bits per heavy atom. The molecule has 15 heavy (non-hydrogen) atoms. The molecule has 0 amide bonds. The molecule has 1 fully saturated rings. The largest absolute Gasteiger partial charge is 0.255 e. The van der Waals surface area contributed by atoms with Crippen LogP contribution < -0.4 is 0 Å². The van der Waals surface area contributed by atoms with E-state index in [4.69, 9.17) is 0 Å². The Labute approximate surface area is 96.8 Å². The molecule has 0 aromatic heterocycles. The molecule has 82 valence electrons. The van der Waals surface area contributed by atoms with Gasteiger partial charge in [-0.1, -0.05) is 46.3 Å². The quantitative estimate of drug-likeness (QED) is 0.731. The summed E-state index contributed by atoms with van der Waals surface area (Å²) in [6, 6.07) is 9.81. The van der Waals surface area contributed by atoms with Crippen LogP contribution in [0.5, 0.6) is 0 Å². The fraction of sp³-hybridized carbons (Fsp3) is 0.500. The highest BCUT2D eigenvalue weighted by Gasteiger charge is 2.66. The number of halogens is 3. The van der Waals surface area contributed by atoms with Gasteiger partial charge in [-0.2, -0.15) is 0 Å². The molecule has 0 bridgehead atoms. The van der Waals surface area contributed by atoms with E-state index >= 15 is 0 Å². The van der Waals surface area contributed by atoms with Crippen molar-refractivity contribution in [3.05, 3.63) is 35.9 Å². The third kappa shape index (κ3) is 2.22. The zero-order valence-corrected chi connectivity index (χ0v) is 9.88. The van der Waals surface area contributed by atoms with Gasteiger partial charge in [-0.15, -0.1) is 0 Å². The molecule has 0 aliphatic heterocycles. The fourth-order valence-electron chi connectivity index (χ4n) is 2.03. The summed E-state index contributed by atoms with van der Waals surface area (Å²) in [5, 5.41) is 0.416. The maximum absolute atomic E-state index is 13.1.